The maximum atomic E-state index is 12.6. The second kappa shape index (κ2) is 9.40. The van der Waals surface area contributed by atoms with Gasteiger partial charge in [-0.15, -0.1) is 0 Å². The van der Waals surface area contributed by atoms with Gasteiger partial charge in [-0.05, 0) is 78.6 Å². The molecule has 0 atom stereocenters. The summed E-state index contributed by atoms with van der Waals surface area (Å²) in [5.74, 6) is 0.841. The van der Waals surface area contributed by atoms with Crippen molar-refractivity contribution in [2.45, 2.75) is 33.2 Å². The third-order valence-corrected chi connectivity index (χ3v) is 6.68. The van der Waals surface area contributed by atoms with E-state index in [0.29, 0.717) is 11.0 Å². The molecule has 7 heteroatoms. The van der Waals surface area contributed by atoms with Gasteiger partial charge < -0.3 is 15.1 Å². The largest absolute Gasteiger partial charge is 0.369 e. The van der Waals surface area contributed by atoms with Gasteiger partial charge in [0.25, 0.3) is 5.56 Å². The second-order valence-electron chi connectivity index (χ2n) is 8.11. The van der Waals surface area contributed by atoms with Gasteiger partial charge in [0.2, 0.25) is 0 Å². The number of aromatic nitrogens is 1. The number of piperazine rings is 1. The lowest BCUT2D eigenvalue weighted by Crippen LogP contribution is -2.44. The van der Waals surface area contributed by atoms with E-state index < -0.39 is 0 Å². The number of nitrogens with zero attached hydrogens (tertiary/aromatic N) is 4. The van der Waals surface area contributed by atoms with Crippen molar-refractivity contribution < 1.29 is 0 Å². The van der Waals surface area contributed by atoms with Crippen molar-refractivity contribution in [1.82, 2.24) is 9.47 Å². The van der Waals surface area contributed by atoms with Gasteiger partial charge in [-0.3, -0.25) is 9.36 Å². The topological polar surface area (TPSA) is 52.9 Å². The van der Waals surface area contributed by atoms with Crippen LogP contribution in [0.5, 0.6) is 0 Å². The van der Waals surface area contributed by atoms with Crippen molar-refractivity contribution in [3.05, 3.63) is 67.3 Å². The summed E-state index contributed by atoms with van der Waals surface area (Å²) in [6.45, 7) is 9.00. The van der Waals surface area contributed by atoms with Crippen LogP contribution in [0.2, 0.25) is 0 Å². The quantitative estimate of drug-likeness (QED) is 0.710. The first-order valence-corrected chi connectivity index (χ1v) is 11.8. The van der Waals surface area contributed by atoms with Crippen LogP contribution in [0.25, 0.3) is 6.08 Å². The summed E-state index contributed by atoms with van der Waals surface area (Å²) in [6.07, 6.45) is 3.87. The summed E-state index contributed by atoms with van der Waals surface area (Å²) in [5, 5.41) is 4.51. The first-order valence-electron chi connectivity index (χ1n) is 11.0. The molecule has 1 saturated heterocycles. The van der Waals surface area contributed by atoms with E-state index in [9.17, 15) is 4.79 Å². The van der Waals surface area contributed by atoms with Crippen LogP contribution in [-0.2, 0) is 6.54 Å². The third kappa shape index (κ3) is 4.62. The van der Waals surface area contributed by atoms with Crippen LogP contribution < -0.4 is 26.5 Å². The first-order chi connectivity index (χ1) is 15.0. The lowest BCUT2D eigenvalue weighted by atomic mass is 10.1. The second-order valence-corrected chi connectivity index (χ2v) is 8.96. The molecule has 0 spiro atoms. The molecule has 1 fully saturated rings. The number of nitrogens with one attached hydrogen (secondary N) is 1. The monoisotopic (exact) mass is 483 g/mol. The number of anilines is 2. The lowest BCUT2D eigenvalue weighted by Gasteiger charge is -2.34. The molecule has 2 aliphatic rings. The molecule has 164 valence electrons. The Bertz CT molecular complexity index is 1160. The minimum atomic E-state index is -0.0470. The number of fused-ring (bicyclic) bond motifs is 1. The van der Waals surface area contributed by atoms with E-state index in [1.54, 1.807) is 4.57 Å². The van der Waals surface area contributed by atoms with Crippen molar-refractivity contribution in [2.24, 2.45) is 4.99 Å². The Labute approximate surface area is 191 Å². The number of halogens is 1. The predicted octanol–water partition coefficient (Wildman–Crippen LogP) is 2.92. The molecule has 0 saturated carbocycles. The standard InChI is InChI=1S/C24H30BrN5O/c1-4-17-6-7-18-16-21(25)24(31)30(5-2)23(18)27-22(17)26-19-8-10-20(11-9-19)29-14-12-28(3)13-15-29/h7-11,16,26H,4-6,12-15H2,1-3H3. The highest BCUT2D eigenvalue weighted by atomic mass is 79.9. The Morgan fingerprint density at radius 1 is 1.10 bits per heavy atom. The summed E-state index contributed by atoms with van der Waals surface area (Å²) in [5.41, 5.74) is 4.16. The van der Waals surface area contributed by atoms with E-state index >= 15 is 0 Å². The molecule has 31 heavy (non-hydrogen) atoms. The summed E-state index contributed by atoms with van der Waals surface area (Å²) in [4.78, 5) is 22.3. The zero-order valence-electron chi connectivity index (χ0n) is 18.5. The van der Waals surface area contributed by atoms with Crippen molar-refractivity contribution in [2.75, 3.05) is 43.4 Å². The molecule has 0 aliphatic carbocycles. The molecule has 1 N–H and O–H groups in total. The van der Waals surface area contributed by atoms with Gasteiger partial charge in [0.1, 0.15) is 11.3 Å². The molecule has 2 aromatic rings. The smallest absolute Gasteiger partial charge is 0.266 e. The Morgan fingerprint density at radius 3 is 2.45 bits per heavy atom. The zero-order chi connectivity index (χ0) is 22.0. The average Bonchev–Trinajstić information content (AvgIpc) is 2.94. The highest BCUT2D eigenvalue weighted by Crippen LogP contribution is 2.23. The number of pyridine rings is 1. The normalized spacial score (nSPS) is 17.0. The van der Waals surface area contributed by atoms with Crippen LogP contribution in [0.4, 0.5) is 11.4 Å². The van der Waals surface area contributed by atoms with E-state index in [1.165, 1.54) is 11.3 Å². The fourth-order valence-corrected chi connectivity index (χ4v) is 4.57. The van der Waals surface area contributed by atoms with Gasteiger partial charge >= 0.3 is 0 Å². The Morgan fingerprint density at radius 2 is 1.81 bits per heavy atom. The number of hydrogen-bond acceptors (Lipinski definition) is 5. The van der Waals surface area contributed by atoms with E-state index in [0.717, 1.165) is 61.2 Å². The van der Waals surface area contributed by atoms with Gasteiger partial charge in [0.15, 0.2) is 0 Å². The number of rotatable bonds is 5. The Balaban J connectivity index is 1.65. The minimum Gasteiger partial charge on any atom is -0.369 e. The number of likely N-dealkylation sites (N-methyl/N-ethyl adjacent to an activating group) is 1. The van der Waals surface area contributed by atoms with Crippen molar-refractivity contribution in [3.8, 4) is 0 Å². The van der Waals surface area contributed by atoms with Gasteiger partial charge in [0, 0.05) is 49.3 Å². The van der Waals surface area contributed by atoms with Crippen molar-refractivity contribution >= 4 is 33.4 Å². The predicted molar refractivity (Wildman–Crippen MR) is 131 cm³/mol. The van der Waals surface area contributed by atoms with Crippen molar-refractivity contribution in [3.63, 3.8) is 0 Å². The zero-order valence-corrected chi connectivity index (χ0v) is 20.1. The SMILES string of the molecule is CCC1=C(Nc2ccc(N3CCN(C)CC3)cc2)N=c2c(cc(Br)c(=O)n2CC)=CC1. The van der Waals surface area contributed by atoms with Gasteiger partial charge in [-0.25, -0.2) is 4.99 Å². The molecule has 3 heterocycles. The highest BCUT2D eigenvalue weighted by molar-refractivity contribution is 9.10. The summed E-state index contributed by atoms with van der Waals surface area (Å²) >= 11 is 3.40. The maximum absolute atomic E-state index is 12.6. The molecular formula is C24H30BrN5O. The molecule has 6 nitrogen and oxygen atoms in total. The maximum Gasteiger partial charge on any atom is 0.266 e. The summed E-state index contributed by atoms with van der Waals surface area (Å²) < 4.78 is 2.31. The number of benzene rings is 1. The van der Waals surface area contributed by atoms with Crippen LogP contribution in [0, 0.1) is 0 Å². The van der Waals surface area contributed by atoms with Crippen molar-refractivity contribution in [1.29, 1.82) is 0 Å². The van der Waals surface area contributed by atoms with E-state index in [4.69, 9.17) is 4.99 Å². The van der Waals surface area contributed by atoms with E-state index in [2.05, 4.69) is 75.4 Å². The average molecular weight is 484 g/mol. The fraction of sp³-hybridized carbons (Fsp3) is 0.417. The van der Waals surface area contributed by atoms with Gasteiger partial charge in [-0.2, -0.15) is 0 Å². The summed E-state index contributed by atoms with van der Waals surface area (Å²) in [6, 6.07) is 10.5. The van der Waals surface area contributed by atoms with Crippen LogP contribution in [0.1, 0.15) is 26.7 Å². The number of hydrogen-bond donors (Lipinski definition) is 1. The van der Waals surface area contributed by atoms with Gasteiger partial charge in [0.05, 0.1) is 4.47 Å². The molecule has 0 bridgehead atoms. The summed E-state index contributed by atoms with van der Waals surface area (Å²) in [7, 11) is 2.17. The first kappa shape index (κ1) is 21.8. The van der Waals surface area contributed by atoms with Crippen LogP contribution >= 0.6 is 15.9 Å². The fourth-order valence-electron chi connectivity index (χ4n) is 4.11. The Hall–Kier alpha value is -2.38. The van der Waals surface area contributed by atoms with Crippen LogP contribution in [-0.4, -0.2) is 42.7 Å². The third-order valence-electron chi connectivity index (χ3n) is 6.11. The van der Waals surface area contributed by atoms with Crippen LogP contribution in [0.15, 0.2) is 56.0 Å². The number of allylic oxidation sites excluding steroid dienone is 1. The molecule has 1 aromatic heterocycles. The lowest BCUT2D eigenvalue weighted by molar-refractivity contribution is 0.313. The molecule has 0 amide bonds. The van der Waals surface area contributed by atoms with E-state index in [1.807, 2.05) is 13.0 Å². The molecular weight excluding hydrogens is 454 g/mol. The Kier molecular flexibility index (Phi) is 6.62. The van der Waals surface area contributed by atoms with Crippen LogP contribution in [0.3, 0.4) is 0 Å². The molecule has 0 unspecified atom stereocenters. The minimum absolute atomic E-state index is 0.0470. The molecule has 1 aromatic carbocycles. The van der Waals surface area contributed by atoms with E-state index in [-0.39, 0.29) is 5.56 Å². The van der Waals surface area contributed by atoms with Gasteiger partial charge in [-0.1, -0.05) is 13.0 Å². The highest BCUT2D eigenvalue weighted by Gasteiger charge is 2.15. The molecule has 2 aliphatic heterocycles. The molecule has 4 rings (SSSR count). The molecule has 0 radical (unpaired) electrons.